The van der Waals surface area contributed by atoms with E-state index < -0.39 is 7.14 Å². The Hall–Kier alpha value is -2.06. The Morgan fingerprint density at radius 1 is 1.00 bits per heavy atom. The van der Waals surface area contributed by atoms with Gasteiger partial charge in [-0.25, -0.2) is 0 Å². The van der Waals surface area contributed by atoms with Gasteiger partial charge in [0, 0.05) is 17.9 Å². The van der Waals surface area contributed by atoms with Gasteiger partial charge in [-0.3, -0.25) is 4.79 Å². The number of phenols is 1. The molecule has 1 unspecified atom stereocenters. The first-order valence-corrected chi connectivity index (χ1v) is 10.5. The van der Waals surface area contributed by atoms with E-state index in [1.807, 2.05) is 37.0 Å². The molecule has 0 spiro atoms. The summed E-state index contributed by atoms with van der Waals surface area (Å²) in [6.45, 7) is 1.83. The highest BCUT2D eigenvalue weighted by Gasteiger charge is 2.17. The number of para-hydroxylation sites is 2. The molecule has 0 aromatic heterocycles. The summed E-state index contributed by atoms with van der Waals surface area (Å²) >= 11 is 0. The Morgan fingerprint density at radius 2 is 1.67 bits per heavy atom. The number of carbonyl (C=O) groups is 1. The molecule has 0 aliphatic heterocycles. The van der Waals surface area contributed by atoms with Gasteiger partial charge in [0.1, 0.15) is 12.9 Å². The van der Waals surface area contributed by atoms with E-state index in [0.29, 0.717) is 18.3 Å². The van der Waals surface area contributed by atoms with E-state index >= 15 is 0 Å². The van der Waals surface area contributed by atoms with Crippen LogP contribution in [0.15, 0.2) is 54.6 Å². The lowest BCUT2D eigenvalue weighted by Gasteiger charge is -2.13. The van der Waals surface area contributed by atoms with Crippen molar-refractivity contribution in [2.45, 2.75) is 25.7 Å². The number of benzene rings is 2. The lowest BCUT2D eigenvalue weighted by molar-refractivity contribution is -0.116. The molecular formula is C19H24NO3P. The maximum Gasteiger partial charge on any atom is 0.224 e. The minimum Gasteiger partial charge on any atom is -0.506 e. The van der Waals surface area contributed by atoms with Gasteiger partial charge in [0.15, 0.2) is 0 Å². The third kappa shape index (κ3) is 5.54. The van der Waals surface area contributed by atoms with Crippen molar-refractivity contribution >= 4 is 24.0 Å². The Bertz CT molecular complexity index is 716. The van der Waals surface area contributed by atoms with Crippen LogP contribution in [0.4, 0.5) is 5.69 Å². The van der Waals surface area contributed by atoms with Crippen molar-refractivity contribution in [3.05, 3.63) is 54.6 Å². The molecule has 0 heterocycles. The lowest BCUT2D eigenvalue weighted by atomic mass is 10.2. The molecule has 2 aromatic carbocycles. The average Bonchev–Trinajstić information content (AvgIpc) is 2.57. The predicted octanol–water partition coefficient (Wildman–Crippen LogP) is 4.21. The molecule has 0 saturated heterocycles. The second-order valence-electron chi connectivity index (χ2n) is 6.04. The monoisotopic (exact) mass is 345 g/mol. The SMILES string of the molecule is CP(=O)(CCCCCC(=O)Nc1ccccc1O)c1ccccc1. The van der Waals surface area contributed by atoms with Gasteiger partial charge in [-0.15, -0.1) is 0 Å². The zero-order valence-electron chi connectivity index (χ0n) is 13.9. The molecule has 128 valence electrons. The third-order valence-electron chi connectivity index (χ3n) is 3.97. The Morgan fingerprint density at radius 3 is 2.38 bits per heavy atom. The molecule has 0 aliphatic rings. The second-order valence-corrected chi connectivity index (χ2v) is 9.20. The van der Waals surface area contributed by atoms with E-state index in [9.17, 15) is 14.5 Å². The zero-order chi connectivity index (χ0) is 17.4. The molecular weight excluding hydrogens is 321 g/mol. The smallest absolute Gasteiger partial charge is 0.224 e. The largest absolute Gasteiger partial charge is 0.506 e. The van der Waals surface area contributed by atoms with Crippen LogP contribution in [0.1, 0.15) is 25.7 Å². The number of amides is 1. The van der Waals surface area contributed by atoms with Crippen LogP contribution in [-0.4, -0.2) is 23.8 Å². The van der Waals surface area contributed by atoms with E-state index in [1.165, 1.54) is 6.07 Å². The highest BCUT2D eigenvalue weighted by Crippen LogP contribution is 2.40. The Labute approximate surface area is 143 Å². The molecule has 2 aromatic rings. The van der Waals surface area contributed by atoms with Gasteiger partial charge < -0.3 is 15.0 Å². The molecule has 0 saturated carbocycles. The number of phenolic OH excluding ortho intramolecular Hbond substituents is 1. The van der Waals surface area contributed by atoms with Gasteiger partial charge in [-0.05, 0) is 31.6 Å². The molecule has 5 heteroatoms. The molecule has 4 nitrogen and oxygen atoms in total. The van der Waals surface area contributed by atoms with E-state index in [1.54, 1.807) is 18.2 Å². The number of nitrogens with one attached hydrogen (secondary N) is 1. The zero-order valence-corrected chi connectivity index (χ0v) is 14.8. The third-order valence-corrected chi connectivity index (χ3v) is 6.53. The molecule has 0 bridgehead atoms. The fraction of sp³-hybridized carbons (Fsp3) is 0.316. The summed E-state index contributed by atoms with van der Waals surface area (Å²) in [6, 6.07) is 16.3. The van der Waals surface area contributed by atoms with Crippen molar-refractivity contribution in [2.24, 2.45) is 0 Å². The quantitative estimate of drug-likeness (QED) is 0.428. The van der Waals surface area contributed by atoms with Gasteiger partial charge in [-0.1, -0.05) is 48.9 Å². The van der Waals surface area contributed by atoms with E-state index in [-0.39, 0.29) is 11.7 Å². The van der Waals surface area contributed by atoms with Crippen molar-refractivity contribution < 1.29 is 14.5 Å². The summed E-state index contributed by atoms with van der Waals surface area (Å²) in [5.41, 5.74) is 0.435. The van der Waals surface area contributed by atoms with Gasteiger partial charge in [-0.2, -0.15) is 0 Å². The van der Waals surface area contributed by atoms with Crippen molar-refractivity contribution in [3.63, 3.8) is 0 Å². The van der Waals surface area contributed by atoms with Crippen molar-refractivity contribution in [1.82, 2.24) is 0 Å². The fourth-order valence-corrected chi connectivity index (χ4v) is 4.43. The van der Waals surface area contributed by atoms with Crippen molar-refractivity contribution in [1.29, 1.82) is 0 Å². The first-order valence-electron chi connectivity index (χ1n) is 8.19. The Balaban J connectivity index is 1.69. The van der Waals surface area contributed by atoms with Gasteiger partial charge in [0.05, 0.1) is 5.69 Å². The van der Waals surface area contributed by atoms with E-state index in [0.717, 1.165) is 24.6 Å². The number of anilines is 1. The van der Waals surface area contributed by atoms with Crippen LogP contribution in [0.2, 0.25) is 0 Å². The van der Waals surface area contributed by atoms with Crippen LogP contribution < -0.4 is 10.6 Å². The average molecular weight is 345 g/mol. The van der Waals surface area contributed by atoms with Gasteiger partial charge >= 0.3 is 0 Å². The van der Waals surface area contributed by atoms with Crippen LogP contribution in [-0.2, 0) is 9.36 Å². The molecule has 0 aliphatic carbocycles. The van der Waals surface area contributed by atoms with Crippen molar-refractivity contribution in [3.8, 4) is 5.75 Å². The normalized spacial score (nSPS) is 13.2. The van der Waals surface area contributed by atoms with Gasteiger partial charge in [0.2, 0.25) is 5.91 Å². The summed E-state index contributed by atoms with van der Waals surface area (Å²) in [6.07, 6.45) is 3.51. The highest BCUT2D eigenvalue weighted by atomic mass is 31.2. The molecule has 0 fully saturated rings. The van der Waals surface area contributed by atoms with E-state index in [4.69, 9.17) is 0 Å². The first kappa shape index (κ1) is 18.3. The summed E-state index contributed by atoms with van der Waals surface area (Å²) in [5.74, 6) is -0.0418. The van der Waals surface area contributed by atoms with Crippen LogP contribution >= 0.6 is 7.14 Å². The maximum atomic E-state index is 12.7. The highest BCUT2D eigenvalue weighted by molar-refractivity contribution is 7.70. The molecule has 2 N–H and O–H groups in total. The number of unbranched alkanes of at least 4 members (excludes halogenated alkanes) is 2. The summed E-state index contributed by atoms with van der Waals surface area (Å²) < 4.78 is 12.7. The fourth-order valence-electron chi connectivity index (χ4n) is 2.54. The first-order chi connectivity index (χ1) is 11.5. The minimum atomic E-state index is -2.30. The number of rotatable bonds is 8. The van der Waals surface area contributed by atoms with Crippen LogP contribution in [0.5, 0.6) is 5.75 Å². The standard InChI is InChI=1S/C19H24NO3P/c1-24(23,16-10-4-2-5-11-16)15-9-3-6-14-19(22)20-17-12-7-8-13-18(17)21/h2,4-5,7-8,10-13,21H,3,6,9,14-15H2,1H3,(H,20,22). The van der Waals surface area contributed by atoms with Crippen LogP contribution in [0.3, 0.4) is 0 Å². The molecule has 0 radical (unpaired) electrons. The molecule has 1 atom stereocenters. The summed E-state index contributed by atoms with van der Waals surface area (Å²) in [7, 11) is -2.30. The van der Waals surface area contributed by atoms with Gasteiger partial charge in [0.25, 0.3) is 0 Å². The van der Waals surface area contributed by atoms with Crippen LogP contribution in [0, 0.1) is 0 Å². The number of hydrogen-bond donors (Lipinski definition) is 2. The topological polar surface area (TPSA) is 66.4 Å². The Kier molecular flexibility index (Phi) is 6.62. The van der Waals surface area contributed by atoms with E-state index in [2.05, 4.69) is 5.32 Å². The van der Waals surface area contributed by atoms with Crippen LogP contribution in [0.25, 0.3) is 0 Å². The maximum absolute atomic E-state index is 12.7. The summed E-state index contributed by atoms with van der Waals surface area (Å²) in [4.78, 5) is 11.9. The number of hydrogen-bond acceptors (Lipinski definition) is 3. The number of carbonyl (C=O) groups excluding carboxylic acids is 1. The molecule has 1 amide bonds. The number of aromatic hydroxyl groups is 1. The predicted molar refractivity (Wildman–Crippen MR) is 99.7 cm³/mol. The second kappa shape index (κ2) is 8.70. The molecule has 24 heavy (non-hydrogen) atoms. The summed E-state index contributed by atoms with van der Waals surface area (Å²) in [5, 5.41) is 13.2. The lowest BCUT2D eigenvalue weighted by Crippen LogP contribution is -2.11. The van der Waals surface area contributed by atoms with Crippen molar-refractivity contribution in [2.75, 3.05) is 18.1 Å². The minimum absolute atomic E-state index is 0.0700. The molecule has 2 rings (SSSR count).